The van der Waals surface area contributed by atoms with Gasteiger partial charge in [-0.15, -0.1) is 11.6 Å². The fourth-order valence-electron chi connectivity index (χ4n) is 3.06. The van der Waals surface area contributed by atoms with Crippen LogP contribution in [0.25, 0.3) is 0 Å². The van der Waals surface area contributed by atoms with Crippen molar-refractivity contribution in [1.29, 1.82) is 0 Å². The Bertz CT molecular complexity index is 429. The molecule has 100 valence electrons. The summed E-state index contributed by atoms with van der Waals surface area (Å²) in [5.74, 6) is -1.14. The Morgan fingerprint density at radius 2 is 2.06 bits per heavy atom. The molecule has 2 rings (SSSR count). The molecular formula is C15H19ClF2. The Hall–Kier alpha value is -0.630. The molecule has 2 unspecified atom stereocenters. The van der Waals surface area contributed by atoms with Gasteiger partial charge in [-0.05, 0) is 48.3 Å². The molecule has 1 fully saturated rings. The molecule has 1 aromatic rings. The summed E-state index contributed by atoms with van der Waals surface area (Å²) in [6, 6.07) is 4.05. The zero-order valence-corrected chi connectivity index (χ0v) is 11.6. The predicted octanol–water partition coefficient (Wildman–Crippen LogP) is 4.94. The van der Waals surface area contributed by atoms with Crippen molar-refractivity contribution in [3.63, 3.8) is 0 Å². The van der Waals surface area contributed by atoms with Crippen molar-refractivity contribution in [3.8, 4) is 0 Å². The molecule has 2 atom stereocenters. The number of hydrogen-bond donors (Lipinski definition) is 0. The van der Waals surface area contributed by atoms with Gasteiger partial charge in [-0.3, -0.25) is 0 Å². The van der Waals surface area contributed by atoms with Gasteiger partial charge in [0.1, 0.15) is 0 Å². The van der Waals surface area contributed by atoms with E-state index in [1.165, 1.54) is 25.0 Å². The van der Waals surface area contributed by atoms with Gasteiger partial charge < -0.3 is 0 Å². The highest BCUT2D eigenvalue weighted by Gasteiger charge is 2.38. The quantitative estimate of drug-likeness (QED) is 0.684. The van der Waals surface area contributed by atoms with E-state index in [1.807, 2.05) is 0 Å². The van der Waals surface area contributed by atoms with E-state index >= 15 is 0 Å². The number of hydrogen-bond acceptors (Lipinski definition) is 0. The van der Waals surface area contributed by atoms with Crippen LogP contribution in [0.4, 0.5) is 8.78 Å². The Balaban J connectivity index is 2.07. The van der Waals surface area contributed by atoms with Crippen LogP contribution in [-0.2, 0) is 6.42 Å². The first-order valence-corrected chi connectivity index (χ1v) is 6.92. The Kier molecular flexibility index (Phi) is 3.96. The highest BCUT2D eigenvalue weighted by Crippen LogP contribution is 2.46. The lowest BCUT2D eigenvalue weighted by molar-refractivity contribution is 0.250. The van der Waals surface area contributed by atoms with Crippen LogP contribution < -0.4 is 0 Å². The van der Waals surface area contributed by atoms with Crippen LogP contribution >= 0.6 is 11.6 Å². The lowest BCUT2D eigenvalue weighted by atomic mass is 9.78. The summed E-state index contributed by atoms with van der Waals surface area (Å²) in [4.78, 5) is 0. The zero-order valence-electron chi connectivity index (χ0n) is 10.8. The maximum Gasteiger partial charge on any atom is 0.159 e. The van der Waals surface area contributed by atoms with Crippen molar-refractivity contribution >= 4 is 11.6 Å². The van der Waals surface area contributed by atoms with Crippen LogP contribution in [0.2, 0.25) is 0 Å². The van der Waals surface area contributed by atoms with Crippen molar-refractivity contribution < 1.29 is 8.78 Å². The third-order valence-electron chi connectivity index (χ3n) is 4.19. The first-order chi connectivity index (χ1) is 8.40. The number of alkyl halides is 1. The van der Waals surface area contributed by atoms with Crippen LogP contribution in [0.5, 0.6) is 0 Å². The minimum Gasteiger partial charge on any atom is -0.204 e. The molecule has 0 bridgehead atoms. The van der Waals surface area contributed by atoms with Gasteiger partial charge in [-0.25, -0.2) is 8.78 Å². The average molecular weight is 273 g/mol. The second-order valence-corrected chi connectivity index (χ2v) is 6.52. The lowest BCUT2D eigenvalue weighted by Gasteiger charge is -2.30. The second-order valence-electron chi connectivity index (χ2n) is 5.96. The molecule has 1 aliphatic carbocycles. The smallest absolute Gasteiger partial charge is 0.159 e. The van der Waals surface area contributed by atoms with Crippen molar-refractivity contribution in [2.24, 2.45) is 11.3 Å². The molecule has 0 spiro atoms. The standard InChI is InChI=1S/C15H19ClF2/c1-15(2)7-3-4-11(15)12(16)8-10-5-6-13(17)14(18)9-10/h5-6,9,11-12H,3-4,7-8H2,1-2H3. The van der Waals surface area contributed by atoms with E-state index in [1.54, 1.807) is 6.07 Å². The molecule has 0 aromatic heterocycles. The van der Waals surface area contributed by atoms with E-state index in [0.717, 1.165) is 12.0 Å². The highest BCUT2D eigenvalue weighted by molar-refractivity contribution is 6.21. The van der Waals surface area contributed by atoms with Crippen molar-refractivity contribution in [3.05, 3.63) is 35.4 Å². The second kappa shape index (κ2) is 5.16. The van der Waals surface area contributed by atoms with Crippen LogP contribution in [0.1, 0.15) is 38.7 Å². The van der Waals surface area contributed by atoms with Gasteiger partial charge in [-0.1, -0.05) is 26.3 Å². The SMILES string of the molecule is CC1(C)CCCC1C(Cl)Cc1ccc(F)c(F)c1. The number of benzene rings is 1. The molecule has 0 aliphatic heterocycles. The molecule has 1 aliphatic rings. The van der Waals surface area contributed by atoms with Gasteiger partial charge in [0.25, 0.3) is 0 Å². The summed E-state index contributed by atoms with van der Waals surface area (Å²) in [7, 11) is 0. The van der Waals surface area contributed by atoms with Gasteiger partial charge in [-0.2, -0.15) is 0 Å². The van der Waals surface area contributed by atoms with Gasteiger partial charge >= 0.3 is 0 Å². The summed E-state index contributed by atoms with van der Waals surface area (Å²) in [5, 5.41) is -0.00707. The third-order valence-corrected chi connectivity index (χ3v) is 4.65. The maximum absolute atomic E-state index is 13.1. The number of rotatable bonds is 3. The van der Waals surface area contributed by atoms with Crippen molar-refractivity contribution in [1.82, 2.24) is 0 Å². The Labute approximate surface area is 112 Å². The molecule has 18 heavy (non-hydrogen) atoms. The molecular weight excluding hydrogens is 254 g/mol. The van der Waals surface area contributed by atoms with Gasteiger partial charge in [0.05, 0.1) is 0 Å². The molecule has 0 amide bonds. The van der Waals surface area contributed by atoms with E-state index in [0.29, 0.717) is 12.3 Å². The molecule has 1 aromatic carbocycles. The van der Waals surface area contributed by atoms with E-state index < -0.39 is 11.6 Å². The molecule has 3 heteroatoms. The molecule has 0 saturated heterocycles. The summed E-state index contributed by atoms with van der Waals surface area (Å²) < 4.78 is 26.0. The third kappa shape index (κ3) is 2.85. The van der Waals surface area contributed by atoms with Gasteiger partial charge in [0, 0.05) is 5.38 Å². The van der Waals surface area contributed by atoms with Gasteiger partial charge in [0.2, 0.25) is 0 Å². The normalized spacial score (nSPS) is 24.2. The molecule has 0 nitrogen and oxygen atoms in total. The molecule has 1 saturated carbocycles. The van der Waals surface area contributed by atoms with E-state index in [4.69, 9.17) is 11.6 Å². The molecule has 0 heterocycles. The van der Waals surface area contributed by atoms with E-state index in [2.05, 4.69) is 13.8 Å². The maximum atomic E-state index is 13.1. The largest absolute Gasteiger partial charge is 0.204 e. The van der Waals surface area contributed by atoms with Crippen molar-refractivity contribution in [2.75, 3.05) is 0 Å². The monoisotopic (exact) mass is 272 g/mol. The van der Waals surface area contributed by atoms with E-state index in [9.17, 15) is 8.78 Å². The molecule has 0 radical (unpaired) electrons. The zero-order chi connectivity index (χ0) is 13.3. The summed E-state index contributed by atoms with van der Waals surface area (Å²) in [6.07, 6.45) is 4.13. The van der Waals surface area contributed by atoms with Crippen LogP contribution in [0, 0.1) is 23.0 Å². The number of halogens is 3. The van der Waals surface area contributed by atoms with Crippen LogP contribution in [0.15, 0.2) is 18.2 Å². The first kappa shape index (κ1) is 13.8. The summed E-state index contributed by atoms with van der Waals surface area (Å²) in [5.41, 5.74) is 1.03. The van der Waals surface area contributed by atoms with Gasteiger partial charge in [0.15, 0.2) is 11.6 Å². The van der Waals surface area contributed by atoms with Crippen LogP contribution in [-0.4, -0.2) is 5.38 Å². The van der Waals surface area contributed by atoms with E-state index in [-0.39, 0.29) is 10.8 Å². The average Bonchev–Trinajstić information content (AvgIpc) is 2.63. The minimum absolute atomic E-state index is 0.00707. The fraction of sp³-hybridized carbons (Fsp3) is 0.600. The van der Waals surface area contributed by atoms with Crippen molar-refractivity contribution in [2.45, 2.75) is 44.9 Å². The summed E-state index contributed by atoms with van der Waals surface area (Å²) in [6.45, 7) is 4.48. The minimum atomic E-state index is -0.800. The Morgan fingerprint density at radius 1 is 1.33 bits per heavy atom. The first-order valence-electron chi connectivity index (χ1n) is 6.48. The van der Waals surface area contributed by atoms with Crippen LogP contribution in [0.3, 0.4) is 0 Å². The predicted molar refractivity (Wildman–Crippen MR) is 70.8 cm³/mol. The lowest BCUT2D eigenvalue weighted by Crippen LogP contribution is -2.27. The highest BCUT2D eigenvalue weighted by atomic mass is 35.5. The summed E-state index contributed by atoms with van der Waals surface area (Å²) >= 11 is 6.48. The topological polar surface area (TPSA) is 0 Å². The fourth-order valence-corrected chi connectivity index (χ4v) is 3.70. The Morgan fingerprint density at radius 3 is 2.61 bits per heavy atom. The molecule has 0 N–H and O–H groups in total.